The number of hydrogen-bond donors (Lipinski definition) is 1. The van der Waals surface area contributed by atoms with Gasteiger partial charge in [0.15, 0.2) is 0 Å². The van der Waals surface area contributed by atoms with Crippen LogP contribution >= 0.6 is 0 Å². The molecule has 0 radical (unpaired) electrons. The van der Waals surface area contributed by atoms with Gasteiger partial charge >= 0.3 is 0 Å². The van der Waals surface area contributed by atoms with Crippen molar-refractivity contribution >= 4 is 0 Å². The zero-order valence-corrected chi connectivity index (χ0v) is 13.8. The normalized spacial score (nSPS) is 13.2. The Balaban J connectivity index is 2.60. The molecule has 0 aliphatic carbocycles. The zero-order valence-electron chi connectivity index (χ0n) is 13.8. The van der Waals surface area contributed by atoms with Crippen molar-refractivity contribution in [3.8, 4) is 0 Å². The summed E-state index contributed by atoms with van der Waals surface area (Å²) >= 11 is 0. The highest BCUT2D eigenvalue weighted by atomic mass is 15.2. The van der Waals surface area contributed by atoms with Gasteiger partial charge in [0.25, 0.3) is 0 Å². The van der Waals surface area contributed by atoms with Crippen LogP contribution in [0, 0.1) is 12.8 Å². The molecule has 1 unspecified atom stereocenters. The number of hydrogen-bond acceptors (Lipinski definition) is 3. The molecule has 0 aromatic carbocycles. The highest BCUT2D eigenvalue weighted by molar-refractivity contribution is 5.09. The monoisotopic (exact) mass is 277 g/mol. The van der Waals surface area contributed by atoms with Gasteiger partial charge in [-0.2, -0.15) is 0 Å². The Morgan fingerprint density at radius 1 is 1.25 bits per heavy atom. The first-order valence-corrected chi connectivity index (χ1v) is 7.95. The van der Waals surface area contributed by atoms with Crippen LogP contribution in [0.1, 0.15) is 45.5 Å². The van der Waals surface area contributed by atoms with E-state index in [0.29, 0.717) is 12.0 Å². The van der Waals surface area contributed by atoms with Crippen molar-refractivity contribution in [1.82, 2.24) is 15.2 Å². The molecule has 0 aliphatic rings. The highest BCUT2D eigenvalue weighted by Crippen LogP contribution is 2.08. The summed E-state index contributed by atoms with van der Waals surface area (Å²) in [5.41, 5.74) is 2.27. The van der Waals surface area contributed by atoms with Gasteiger partial charge in [-0.15, -0.1) is 0 Å². The van der Waals surface area contributed by atoms with E-state index in [1.807, 2.05) is 0 Å². The maximum Gasteiger partial charge on any atom is 0.0547 e. The Morgan fingerprint density at radius 2 is 2.00 bits per heavy atom. The second kappa shape index (κ2) is 9.09. The molecule has 114 valence electrons. The molecule has 0 fully saturated rings. The van der Waals surface area contributed by atoms with E-state index in [-0.39, 0.29) is 0 Å². The average molecular weight is 277 g/mol. The molecular formula is C17H31N3. The highest BCUT2D eigenvalue weighted by Gasteiger charge is 2.16. The number of rotatable bonds is 9. The molecule has 0 aliphatic heterocycles. The van der Waals surface area contributed by atoms with Crippen molar-refractivity contribution in [1.29, 1.82) is 0 Å². The number of nitrogens with zero attached hydrogens (tertiary/aromatic N) is 2. The van der Waals surface area contributed by atoms with Crippen molar-refractivity contribution in [2.24, 2.45) is 5.92 Å². The third-order valence-electron chi connectivity index (χ3n) is 3.69. The quantitative estimate of drug-likeness (QED) is 0.751. The molecule has 1 heterocycles. The molecule has 1 N–H and O–H groups in total. The Kier molecular flexibility index (Phi) is 7.78. The van der Waals surface area contributed by atoms with Crippen molar-refractivity contribution in [2.75, 3.05) is 19.6 Å². The van der Waals surface area contributed by atoms with Crippen molar-refractivity contribution in [2.45, 2.75) is 53.6 Å². The molecule has 20 heavy (non-hydrogen) atoms. The summed E-state index contributed by atoms with van der Waals surface area (Å²) in [7, 11) is 0. The summed E-state index contributed by atoms with van der Waals surface area (Å²) in [6, 6.07) is 6.83. The van der Waals surface area contributed by atoms with Crippen molar-refractivity contribution in [3.05, 3.63) is 29.6 Å². The number of pyridine rings is 1. The Hall–Kier alpha value is -0.930. The second-order valence-corrected chi connectivity index (χ2v) is 5.90. The van der Waals surface area contributed by atoms with Crippen LogP contribution in [0.3, 0.4) is 0 Å². The van der Waals surface area contributed by atoms with Gasteiger partial charge in [-0.05, 0) is 44.5 Å². The van der Waals surface area contributed by atoms with Crippen LogP contribution in [0.2, 0.25) is 0 Å². The van der Waals surface area contributed by atoms with Gasteiger partial charge in [0.1, 0.15) is 0 Å². The Labute approximate surface area is 124 Å². The number of nitrogens with one attached hydrogen (secondary N) is 1. The van der Waals surface area contributed by atoms with Crippen LogP contribution in [-0.2, 0) is 6.54 Å². The molecule has 0 saturated carbocycles. The van der Waals surface area contributed by atoms with Crippen LogP contribution in [0.15, 0.2) is 18.2 Å². The van der Waals surface area contributed by atoms with Crippen LogP contribution in [0.5, 0.6) is 0 Å². The molecule has 0 saturated heterocycles. The van der Waals surface area contributed by atoms with Crippen molar-refractivity contribution < 1.29 is 0 Å². The Morgan fingerprint density at radius 3 is 2.55 bits per heavy atom. The largest absolute Gasteiger partial charge is 0.312 e. The van der Waals surface area contributed by atoms with E-state index >= 15 is 0 Å². The van der Waals surface area contributed by atoms with E-state index in [2.05, 4.69) is 68.0 Å². The number of aromatic nitrogens is 1. The van der Waals surface area contributed by atoms with E-state index in [1.165, 1.54) is 12.1 Å². The van der Waals surface area contributed by atoms with Crippen LogP contribution in [-0.4, -0.2) is 35.6 Å². The van der Waals surface area contributed by atoms with Gasteiger partial charge in [-0.25, -0.2) is 0 Å². The standard InChI is InChI=1S/C17H31N3/c1-6-11-18-17(14(3)4)13-20(7-2)12-16-10-8-9-15(5)19-16/h8-10,14,17-18H,6-7,11-13H2,1-5H3. The van der Waals surface area contributed by atoms with Gasteiger partial charge in [-0.1, -0.05) is 33.8 Å². The molecule has 3 heteroatoms. The number of likely N-dealkylation sites (N-methyl/N-ethyl adjacent to an activating group) is 1. The van der Waals surface area contributed by atoms with Crippen LogP contribution in [0.25, 0.3) is 0 Å². The molecule has 0 amide bonds. The fourth-order valence-corrected chi connectivity index (χ4v) is 2.34. The van der Waals surface area contributed by atoms with Gasteiger partial charge in [-0.3, -0.25) is 9.88 Å². The molecule has 1 aromatic heterocycles. The first-order chi connectivity index (χ1) is 9.56. The molecule has 0 spiro atoms. The van der Waals surface area contributed by atoms with Crippen molar-refractivity contribution in [3.63, 3.8) is 0 Å². The molecule has 1 rings (SSSR count). The third-order valence-corrected chi connectivity index (χ3v) is 3.69. The second-order valence-electron chi connectivity index (χ2n) is 5.90. The van der Waals surface area contributed by atoms with E-state index in [0.717, 1.165) is 31.9 Å². The SMILES string of the molecule is CCCNC(CN(CC)Cc1cccc(C)n1)C(C)C. The molecule has 0 bridgehead atoms. The zero-order chi connectivity index (χ0) is 15.0. The lowest BCUT2D eigenvalue weighted by Crippen LogP contribution is -2.44. The first-order valence-electron chi connectivity index (χ1n) is 7.95. The molecule has 1 aromatic rings. The lowest BCUT2D eigenvalue weighted by Gasteiger charge is -2.29. The van der Waals surface area contributed by atoms with Gasteiger partial charge < -0.3 is 5.32 Å². The molecule has 1 atom stereocenters. The molecular weight excluding hydrogens is 246 g/mol. The predicted molar refractivity (Wildman–Crippen MR) is 86.8 cm³/mol. The van der Waals surface area contributed by atoms with E-state index in [1.54, 1.807) is 0 Å². The fourth-order valence-electron chi connectivity index (χ4n) is 2.34. The number of aryl methyl sites for hydroxylation is 1. The van der Waals surface area contributed by atoms with E-state index in [4.69, 9.17) is 0 Å². The maximum absolute atomic E-state index is 4.61. The van der Waals surface area contributed by atoms with Gasteiger partial charge in [0.2, 0.25) is 0 Å². The molecule has 3 nitrogen and oxygen atoms in total. The smallest absolute Gasteiger partial charge is 0.0547 e. The lowest BCUT2D eigenvalue weighted by atomic mass is 10.0. The summed E-state index contributed by atoms with van der Waals surface area (Å²) in [4.78, 5) is 7.09. The summed E-state index contributed by atoms with van der Waals surface area (Å²) in [6.07, 6.45) is 1.19. The summed E-state index contributed by atoms with van der Waals surface area (Å²) in [5.74, 6) is 0.654. The third kappa shape index (κ3) is 6.02. The fraction of sp³-hybridized carbons (Fsp3) is 0.706. The topological polar surface area (TPSA) is 28.2 Å². The summed E-state index contributed by atoms with van der Waals surface area (Å²) in [6.45, 7) is 15.3. The maximum atomic E-state index is 4.61. The van der Waals surface area contributed by atoms with Crippen LogP contribution in [0.4, 0.5) is 0 Å². The van der Waals surface area contributed by atoms with Crippen LogP contribution < -0.4 is 5.32 Å². The first kappa shape index (κ1) is 17.1. The minimum atomic E-state index is 0.555. The van der Waals surface area contributed by atoms with E-state index < -0.39 is 0 Å². The minimum Gasteiger partial charge on any atom is -0.312 e. The summed E-state index contributed by atoms with van der Waals surface area (Å²) in [5, 5.41) is 3.67. The van der Waals surface area contributed by atoms with Gasteiger partial charge in [0, 0.05) is 24.8 Å². The van der Waals surface area contributed by atoms with E-state index in [9.17, 15) is 0 Å². The predicted octanol–water partition coefficient (Wildman–Crippen LogP) is 3.24. The lowest BCUT2D eigenvalue weighted by molar-refractivity contribution is 0.217. The average Bonchev–Trinajstić information content (AvgIpc) is 2.41. The Bertz CT molecular complexity index is 376. The summed E-state index contributed by atoms with van der Waals surface area (Å²) < 4.78 is 0. The van der Waals surface area contributed by atoms with Gasteiger partial charge in [0.05, 0.1) is 5.69 Å². The minimum absolute atomic E-state index is 0.555.